The minimum atomic E-state index is 0.0164. The summed E-state index contributed by atoms with van der Waals surface area (Å²) in [5.74, 6) is 1.81. The molecule has 2 aromatic rings. The van der Waals surface area contributed by atoms with Crippen LogP contribution in [0.3, 0.4) is 0 Å². The summed E-state index contributed by atoms with van der Waals surface area (Å²) in [4.78, 5) is 19.3. The number of amides is 1. The quantitative estimate of drug-likeness (QED) is 0.762. The Kier molecular flexibility index (Phi) is 6.52. The Morgan fingerprint density at radius 1 is 1.18 bits per heavy atom. The van der Waals surface area contributed by atoms with E-state index in [1.54, 1.807) is 27.5 Å². The van der Waals surface area contributed by atoms with Gasteiger partial charge >= 0.3 is 0 Å². The first kappa shape index (κ1) is 20.1. The van der Waals surface area contributed by atoms with Crippen molar-refractivity contribution in [3.8, 4) is 22.8 Å². The van der Waals surface area contributed by atoms with Crippen molar-refractivity contribution in [1.82, 2.24) is 9.88 Å². The van der Waals surface area contributed by atoms with E-state index in [0.717, 1.165) is 37.1 Å². The fourth-order valence-electron chi connectivity index (χ4n) is 3.77. The zero-order chi connectivity index (χ0) is 20.1. The first-order chi connectivity index (χ1) is 13.6. The second-order valence-electron chi connectivity index (χ2n) is 7.19. The van der Waals surface area contributed by atoms with E-state index in [2.05, 4.69) is 4.98 Å². The lowest BCUT2D eigenvalue weighted by Crippen LogP contribution is -2.41. The number of rotatable bonds is 6. The summed E-state index contributed by atoms with van der Waals surface area (Å²) in [6, 6.07) is 7.56. The Morgan fingerprint density at radius 2 is 1.89 bits per heavy atom. The molecule has 1 aliphatic rings. The molecule has 0 N–H and O–H groups in total. The number of carbonyl (C=O) groups is 1. The summed E-state index contributed by atoms with van der Waals surface area (Å²) in [5.41, 5.74) is 3.13. The molecule has 1 aromatic carbocycles. The largest absolute Gasteiger partial charge is 0.496 e. The van der Waals surface area contributed by atoms with Gasteiger partial charge < -0.3 is 19.1 Å². The van der Waals surface area contributed by atoms with Crippen LogP contribution in [-0.2, 0) is 4.74 Å². The molecule has 0 saturated carbocycles. The molecule has 1 amide bonds. The molecule has 0 unspecified atom stereocenters. The standard InChI is InChI=1S/C22H28N2O4/c1-15-10-19(27-3)21(20(11-15)28-4)18-8-7-17(12-23-18)22(25)24-9-5-6-16(13-24)14-26-2/h7-8,10-12,16H,5-6,9,13-14H2,1-4H3/t16-/m1/s1. The van der Waals surface area contributed by atoms with Crippen LogP contribution < -0.4 is 9.47 Å². The number of aromatic nitrogens is 1. The zero-order valence-corrected chi connectivity index (χ0v) is 17.0. The Balaban J connectivity index is 1.83. The molecule has 1 saturated heterocycles. The molecule has 1 atom stereocenters. The first-order valence-corrected chi connectivity index (χ1v) is 9.54. The molecule has 0 bridgehead atoms. The van der Waals surface area contributed by atoms with Crippen molar-refractivity contribution in [2.75, 3.05) is 41.0 Å². The Hall–Kier alpha value is -2.60. The first-order valence-electron chi connectivity index (χ1n) is 9.54. The van der Waals surface area contributed by atoms with E-state index >= 15 is 0 Å². The van der Waals surface area contributed by atoms with Crippen LogP contribution in [0.2, 0.25) is 0 Å². The lowest BCUT2D eigenvalue weighted by molar-refractivity contribution is 0.0570. The van der Waals surface area contributed by atoms with E-state index in [4.69, 9.17) is 14.2 Å². The van der Waals surface area contributed by atoms with Crippen LogP contribution in [0, 0.1) is 12.8 Å². The van der Waals surface area contributed by atoms with Crippen LogP contribution in [0.25, 0.3) is 11.3 Å². The maximum atomic E-state index is 12.9. The Labute approximate surface area is 166 Å². The molecule has 0 radical (unpaired) electrons. The predicted molar refractivity (Wildman–Crippen MR) is 108 cm³/mol. The summed E-state index contributed by atoms with van der Waals surface area (Å²) >= 11 is 0. The number of benzene rings is 1. The SMILES string of the molecule is COC[C@@H]1CCCN(C(=O)c2ccc(-c3c(OC)cc(C)cc3OC)nc2)C1. The summed E-state index contributed by atoms with van der Waals surface area (Å²) in [6.45, 7) is 4.18. The van der Waals surface area contributed by atoms with E-state index in [-0.39, 0.29) is 5.91 Å². The molecule has 2 heterocycles. The maximum Gasteiger partial charge on any atom is 0.255 e. The number of ether oxygens (including phenoxy) is 3. The summed E-state index contributed by atoms with van der Waals surface area (Å²) < 4.78 is 16.3. The summed E-state index contributed by atoms with van der Waals surface area (Å²) in [6.07, 6.45) is 3.74. The maximum absolute atomic E-state index is 12.9. The molecule has 0 spiro atoms. The molecule has 3 rings (SSSR count). The van der Waals surface area contributed by atoms with Gasteiger partial charge in [0, 0.05) is 26.4 Å². The second kappa shape index (κ2) is 9.06. The lowest BCUT2D eigenvalue weighted by Gasteiger charge is -2.32. The molecule has 1 aromatic heterocycles. The van der Waals surface area contributed by atoms with E-state index < -0.39 is 0 Å². The van der Waals surface area contributed by atoms with Gasteiger partial charge in [-0.2, -0.15) is 0 Å². The van der Waals surface area contributed by atoms with Crippen molar-refractivity contribution in [2.45, 2.75) is 19.8 Å². The van der Waals surface area contributed by atoms with Gasteiger partial charge in [-0.15, -0.1) is 0 Å². The molecule has 150 valence electrons. The third kappa shape index (κ3) is 4.28. The van der Waals surface area contributed by atoms with Gasteiger partial charge in [0.2, 0.25) is 0 Å². The molecule has 28 heavy (non-hydrogen) atoms. The second-order valence-corrected chi connectivity index (χ2v) is 7.19. The number of nitrogens with zero attached hydrogens (tertiary/aromatic N) is 2. The van der Waals surface area contributed by atoms with E-state index in [1.807, 2.05) is 36.1 Å². The average Bonchev–Trinajstić information content (AvgIpc) is 2.73. The zero-order valence-electron chi connectivity index (χ0n) is 17.0. The fraction of sp³-hybridized carbons (Fsp3) is 0.455. The molecule has 0 aliphatic carbocycles. The monoisotopic (exact) mass is 384 g/mol. The highest BCUT2D eigenvalue weighted by molar-refractivity contribution is 5.94. The minimum Gasteiger partial charge on any atom is -0.496 e. The van der Waals surface area contributed by atoms with Crippen molar-refractivity contribution in [3.63, 3.8) is 0 Å². The van der Waals surface area contributed by atoms with Crippen LogP contribution in [0.15, 0.2) is 30.5 Å². The van der Waals surface area contributed by atoms with Crippen molar-refractivity contribution in [1.29, 1.82) is 0 Å². The van der Waals surface area contributed by atoms with Gasteiger partial charge in [0.05, 0.1) is 37.6 Å². The van der Waals surface area contributed by atoms with Gasteiger partial charge in [0.15, 0.2) is 0 Å². The number of hydrogen-bond donors (Lipinski definition) is 0. The lowest BCUT2D eigenvalue weighted by atomic mass is 9.98. The number of pyridine rings is 1. The molecular weight excluding hydrogens is 356 g/mol. The van der Waals surface area contributed by atoms with E-state index in [1.165, 1.54) is 0 Å². The molecule has 1 aliphatic heterocycles. The number of aryl methyl sites for hydroxylation is 1. The van der Waals surface area contributed by atoms with Crippen LogP contribution in [0.1, 0.15) is 28.8 Å². The highest BCUT2D eigenvalue weighted by atomic mass is 16.5. The van der Waals surface area contributed by atoms with Crippen molar-refractivity contribution in [3.05, 3.63) is 41.6 Å². The normalized spacial score (nSPS) is 16.7. The van der Waals surface area contributed by atoms with Gasteiger partial charge in [0.1, 0.15) is 11.5 Å². The number of likely N-dealkylation sites (tertiary alicyclic amines) is 1. The predicted octanol–water partition coefficient (Wildman–Crippen LogP) is 3.57. The van der Waals surface area contributed by atoms with E-state index in [0.29, 0.717) is 35.3 Å². The number of methoxy groups -OCH3 is 3. The van der Waals surface area contributed by atoms with Crippen molar-refractivity contribution in [2.24, 2.45) is 5.92 Å². The molecule has 6 heteroatoms. The fourth-order valence-corrected chi connectivity index (χ4v) is 3.77. The molecule has 6 nitrogen and oxygen atoms in total. The van der Waals surface area contributed by atoms with Gasteiger partial charge in [-0.1, -0.05) is 0 Å². The van der Waals surface area contributed by atoms with Gasteiger partial charge in [-0.3, -0.25) is 9.78 Å². The highest BCUT2D eigenvalue weighted by Gasteiger charge is 2.25. The van der Waals surface area contributed by atoms with Gasteiger partial charge in [-0.25, -0.2) is 0 Å². The summed E-state index contributed by atoms with van der Waals surface area (Å²) in [7, 11) is 4.96. The third-order valence-corrected chi connectivity index (χ3v) is 5.13. The minimum absolute atomic E-state index is 0.0164. The van der Waals surface area contributed by atoms with E-state index in [9.17, 15) is 4.79 Å². The van der Waals surface area contributed by atoms with Crippen molar-refractivity contribution >= 4 is 5.91 Å². The Bertz CT molecular complexity index is 793. The van der Waals surface area contributed by atoms with Gasteiger partial charge in [-0.05, 0) is 55.5 Å². The number of piperidine rings is 1. The van der Waals surface area contributed by atoms with Gasteiger partial charge in [0.25, 0.3) is 5.91 Å². The number of carbonyl (C=O) groups excluding carboxylic acids is 1. The van der Waals surface area contributed by atoms with Crippen LogP contribution in [0.4, 0.5) is 0 Å². The highest BCUT2D eigenvalue weighted by Crippen LogP contribution is 2.38. The van der Waals surface area contributed by atoms with Crippen LogP contribution in [0.5, 0.6) is 11.5 Å². The van der Waals surface area contributed by atoms with Crippen molar-refractivity contribution < 1.29 is 19.0 Å². The van der Waals surface area contributed by atoms with Crippen LogP contribution in [-0.4, -0.2) is 56.8 Å². The summed E-state index contributed by atoms with van der Waals surface area (Å²) in [5, 5.41) is 0. The number of hydrogen-bond acceptors (Lipinski definition) is 5. The third-order valence-electron chi connectivity index (χ3n) is 5.13. The smallest absolute Gasteiger partial charge is 0.255 e. The van der Waals surface area contributed by atoms with Crippen LogP contribution >= 0.6 is 0 Å². The average molecular weight is 384 g/mol. The topological polar surface area (TPSA) is 60.9 Å². The molecular formula is C22H28N2O4. The molecule has 1 fully saturated rings. The Morgan fingerprint density at radius 3 is 2.46 bits per heavy atom.